The molecule has 0 saturated heterocycles. The van der Waals surface area contributed by atoms with Crippen LogP contribution in [0.25, 0.3) is 11.0 Å². The van der Waals surface area contributed by atoms with Crippen LogP contribution < -0.4 is 0 Å². The van der Waals surface area contributed by atoms with E-state index in [2.05, 4.69) is 9.97 Å². The summed E-state index contributed by atoms with van der Waals surface area (Å²) in [6, 6.07) is 2.98. The zero-order chi connectivity index (χ0) is 15.1. The Hall–Kier alpha value is -1.15. The molecule has 110 valence electrons. The molecule has 21 heavy (non-hydrogen) atoms. The van der Waals surface area contributed by atoms with Crippen LogP contribution >= 0.6 is 34.2 Å². The van der Waals surface area contributed by atoms with Gasteiger partial charge in [0.05, 0.1) is 26.7 Å². The molecule has 0 aliphatic heterocycles. The molecule has 0 spiro atoms. The maximum absolute atomic E-state index is 13.9. The molecule has 4 nitrogen and oxygen atoms in total. The van der Waals surface area contributed by atoms with Crippen molar-refractivity contribution in [2.24, 2.45) is 0 Å². The van der Waals surface area contributed by atoms with Gasteiger partial charge in [-0.2, -0.15) is 0 Å². The summed E-state index contributed by atoms with van der Waals surface area (Å²) in [7, 11) is 0. The fourth-order valence-electron chi connectivity index (χ4n) is 2.34. The van der Waals surface area contributed by atoms with Crippen LogP contribution in [0.5, 0.6) is 0 Å². The number of halogens is 3. The van der Waals surface area contributed by atoms with E-state index in [4.69, 9.17) is 16.0 Å². The standard InChI is InChI=1S/C14H12ClFIN3O/c1-7-6-18-14(21-7)8(2)20-12-3-9(16)10(17)4-11(12)19-13(20)5-15/h3-4,6,8H,5H2,1-2H3. The maximum Gasteiger partial charge on any atom is 0.217 e. The number of aryl methyl sites for hydroxylation is 1. The van der Waals surface area contributed by atoms with Gasteiger partial charge in [-0.1, -0.05) is 0 Å². The van der Waals surface area contributed by atoms with E-state index in [9.17, 15) is 4.39 Å². The molecule has 2 heterocycles. The Morgan fingerprint density at radius 2 is 2.24 bits per heavy atom. The number of aromatic nitrogens is 3. The number of benzene rings is 1. The van der Waals surface area contributed by atoms with Crippen LogP contribution in [0.4, 0.5) is 4.39 Å². The Morgan fingerprint density at radius 3 is 2.86 bits per heavy atom. The van der Waals surface area contributed by atoms with Crippen molar-refractivity contribution >= 4 is 45.2 Å². The number of rotatable bonds is 3. The lowest BCUT2D eigenvalue weighted by Gasteiger charge is -2.13. The molecule has 7 heteroatoms. The lowest BCUT2D eigenvalue weighted by atomic mass is 10.2. The van der Waals surface area contributed by atoms with Gasteiger partial charge in [-0.25, -0.2) is 14.4 Å². The van der Waals surface area contributed by atoms with E-state index in [0.29, 0.717) is 26.3 Å². The molecule has 0 aliphatic rings. The van der Waals surface area contributed by atoms with Gasteiger partial charge in [0, 0.05) is 6.07 Å². The molecule has 0 fully saturated rings. The Labute approximate surface area is 139 Å². The van der Waals surface area contributed by atoms with Gasteiger partial charge >= 0.3 is 0 Å². The number of hydrogen-bond donors (Lipinski definition) is 0. The quantitative estimate of drug-likeness (QED) is 0.466. The van der Waals surface area contributed by atoms with Crippen LogP contribution in [-0.4, -0.2) is 14.5 Å². The summed E-state index contributed by atoms with van der Waals surface area (Å²) in [5.41, 5.74) is 1.40. The van der Waals surface area contributed by atoms with Gasteiger partial charge in [-0.05, 0) is 42.5 Å². The molecular weight excluding hydrogens is 408 g/mol. The first kappa shape index (κ1) is 14.8. The van der Waals surface area contributed by atoms with E-state index >= 15 is 0 Å². The monoisotopic (exact) mass is 419 g/mol. The van der Waals surface area contributed by atoms with E-state index in [1.165, 1.54) is 6.07 Å². The summed E-state index contributed by atoms with van der Waals surface area (Å²) in [5.74, 6) is 1.90. The summed E-state index contributed by atoms with van der Waals surface area (Å²) in [6.07, 6.45) is 1.66. The van der Waals surface area contributed by atoms with Crippen LogP contribution in [0.1, 0.15) is 30.4 Å². The van der Waals surface area contributed by atoms with E-state index in [1.54, 1.807) is 12.3 Å². The molecule has 0 bridgehead atoms. The van der Waals surface area contributed by atoms with Crippen LogP contribution in [0.3, 0.4) is 0 Å². The molecule has 0 radical (unpaired) electrons. The van der Waals surface area contributed by atoms with Crippen LogP contribution in [0.15, 0.2) is 22.7 Å². The average Bonchev–Trinajstić information content (AvgIpc) is 3.02. The van der Waals surface area contributed by atoms with Crippen molar-refractivity contribution in [1.82, 2.24) is 14.5 Å². The Bertz CT molecular complexity index is 814. The van der Waals surface area contributed by atoms with Gasteiger partial charge in [-0.3, -0.25) is 0 Å². The number of fused-ring (bicyclic) bond motifs is 1. The second kappa shape index (κ2) is 5.57. The van der Waals surface area contributed by atoms with E-state index in [-0.39, 0.29) is 17.7 Å². The van der Waals surface area contributed by atoms with Crippen molar-refractivity contribution < 1.29 is 8.81 Å². The molecule has 3 aromatic rings. The van der Waals surface area contributed by atoms with Crippen LogP contribution in [0, 0.1) is 16.3 Å². The first-order valence-corrected chi connectivity index (χ1v) is 7.96. The fourth-order valence-corrected chi connectivity index (χ4v) is 2.98. The summed E-state index contributed by atoms with van der Waals surface area (Å²) < 4.78 is 21.9. The first-order chi connectivity index (χ1) is 10.0. The minimum absolute atomic E-state index is 0.211. The van der Waals surface area contributed by atoms with E-state index in [0.717, 1.165) is 5.76 Å². The van der Waals surface area contributed by atoms with Gasteiger partial charge < -0.3 is 8.98 Å². The second-order valence-corrected chi connectivity index (χ2v) is 6.20. The van der Waals surface area contributed by atoms with E-state index < -0.39 is 0 Å². The first-order valence-electron chi connectivity index (χ1n) is 6.35. The van der Waals surface area contributed by atoms with Crippen molar-refractivity contribution in [3.8, 4) is 0 Å². The minimum Gasteiger partial charge on any atom is -0.444 e. The summed E-state index contributed by atoms with van der Waals surface area (Å²) in [4.78, 5) is 8.72. The fraction of sp³-hybridized carbons (Fsp3) is 0.286. The summed E-state index contributed by atoms with van der Waals surface area (Å²) in [6.45, 7) is 3.76. The molecule has 0 saturated carbocycles. The zero-order valence-corrected chi connectivity index (χ0v) is 14.3. The molecule has 0 aliphatic carbocycles. The number of alkyl halides is 1. The molecular formula is C14H12ClFIN3O. The van der Waals surface area contributed by atoms with Crippen LogP contribution in [0.2, 0.25) is 0 Å². The van der Waals surface area contributed by atoms with Gasteiger partial charge in [-0.15, -0.1) is 11.6 Å². The van der Waals surface area contributed by atoms with Gasteiger partial charge in [0.25, 0.3) is 0 Å². The highest BCUT2D eigenvalue weighted by atomic mass is 127. The van der Waals surface area contributed by atoms with Gasteiger partial charge in [0.2, 0.25) is 5.89 Å². The topological polar surface area (TPSA) is 43.9 Å². The SMILES string of the molecule is Cc1cnc(C(C)n2c(CCl)nc3cc(I)c(F)cc32)o1. The van der Waals surface area contributed by atoms with E-state index in [1.807, 2.05) is 41.0 Å². The largest absolute Gasteiger partial charge is 0.444 e. The molecule has 0 amide bonds. The summed E-state index contributed by atoms with van der Waals surface area (Å²) >= 11 is 7.94. The zero-order valence-electron chi connectivity index (χ0n) is 11.4. The third-order valence-corrected chi connectivity index (χ3v) is 4.37. The van der Waals surface area contributed by atoms with Crippen LogP contribution in [-0.2, 0) is 5.88 Å². The maximum atomic E-state index is 13.9. The van der Waals surface area contributed by atoms with Crippen molar-refractivity contribution in [3.05, 3.63) is 45.2 Å². The Balaban J connectivity index is 2.22. The predicted molar refractivity (Wildman–Crippen MR) is 87.0 cm³/mol. The number of oxazole rings is 1. The predicted octanol–water partition coefficient (Wildman–Crippen LogP) is 4.42. The Morgan fingerprint density at radius 1 is 1.48 bits per heavy atom. The molecule has 1 unspecified atom stereocenters. The lowest BCUT2D eigenvalue weighted by Crippen LogP contribution is -2.10. The molecule has 2 aromatic heterocycles. The highest BCUT2D eigenvalue weighted by molar-refractivity contribution is 14.1. The molecule has 3 rings (SSSR count). The third kappa shape index (κ3) is 2.55. The molecule has 1 atom stereocenters. The number of imidazole rings is 1. The molecule has 1 aromatic carbocycles. The van der Waals surface area contributed by atoms with Gasteiger partial charge in [0.15, 0.2) is 0 Å². The van der Waals surface area contributed by atoms with Crippen molar-refractivity contribution in [1.29, 1.82) is 0 Å². The highest BCUT2D eigenvalue weighted by Gasteiger charge is 2.21. The summed E-state index contributed by atoms with van der Waals surface area (Å²) in [5, 5.41) is 0. The smallest absolute Gasteiger partial charge is 0.217 e. The van der Waals surface area contributed by atoms with Gasteiger partial charge in [0.1, 0.15) is 23.4 Å². The number of hydrogen-bond acceptors (Lipinski definition) is 3. The van der Waals surface area contributed by atoms with Crippen molar-refractivity contribution in [2.75, 3.05) is 0 Å². The lowest BCUT2D eigenvalue weighted by molar-refractivity contribution is 0.415. The Kier molecular flexibility index (Phi) is 3.92. The average molecular weight is 420 g/mol. The van der Waals surface area contributed by atoms with Crippen molar-refractivity contribution in [2.45, 2.75) is 25.8 Å². The minimum atomic E-state index is -0.277. The molecule has 0 N–H and O–H groups in total. The number of nitrogens with zero attached hydrogens (tertiary/aromatic N) is 3. The third-order valence-electron chi connectivity index (χ3n) is 3.31. The van der Waals surface area contributed by atoms with Crippen molar-refractivity contribution in [3.63, 3.8) is 0 Å². The normalized spacial score (nSPS) is 13.0. The highest BCUT2D eigenvalue weighted by Crippen LogP contribution is 2.28. The second-order valence-electron chi connectivity index (χ2n) is 4.77.